The Morgan fingerprint density at radius 2 is 1.78 bits per heavy atom. The number of amides is 2. The molecule has 0 aromatic heterocycles. The van der Waals surface area contributed by atoms with Crippen LogP contribution in [0.1, 0.15) is 68.6 Å². The number of ether oxygens (including phenoxy) is 1. The van der Waals surface area contributed by atoms with Gasteiger partial charge in [0, 0.05) is 31.2 Å². The number of alkyl halides is 6. The van der Waals surface area contributed by atoms with E-state index in [0.717, 1.165) is 0 Å². The highest BCUT2D eigenvalue weighted by atomic mass is 19.4. The Morgan fingerprint density at radius 1 is 1.11 bits per heavy atom. The Balaban J connectivity index is 1.80. The van der Waals surface area contributed by atoms with Gasteiger partial charge < -0.3 is 25.4 Å². The molecule has 1 aliphatic heterocycles. The van der Waals surface area contributed by atoms with Crippen molar-refractivity contribution in [1.29, 1.82) is 0 Å². The number of carbonyl (C=O) groups excluding carboxylic acids is 2. The lowest BCUT2D eigenvalue weighted by atomic mass is 9.66. The van der Waals surface area contributed by atoms with E-state index >= 15 is 0 Å². The SMILES string of the molecule is C=CC#C/C(=C\CC)COC(=O)N1CCCC(O)(C2(C(=O)NCc3cc(C(F)(F)F)cc(C(F)(F)F)c3)CCC(NC)C2)CC1. The molecule has 1 heterocycles. The van der Waals surface area contributed by atoms with Gasteiger partial charge in [0.25, 0.3) is 0 Å². The maximum absolute atomic E-state index is 13.8. The molecule has 0 radical (unpaired) electrons. The number of allylic oxidation sites excluding steroid dienone is 2. The van der Waals surface area contributed by atoms with Crippen molar-refractivity contribution in [2.45, 2.75) is 82.4 Å². The van der Waals surface area contributed by atoms with Gasteiger partial charge in [0.1, 0.15) is 6.61 Å². The maximum atomic E-state index is 13.8. The number of halogens is 6. The van der Waals surface area contributed by atoms with Gasteiger partial charge in [0.2, 0.25) is 5.91 Å². The fourth-order valence-electron chi connectivity index (χ4n) is 6.15. The van der Waals surface area contributed by atoms with E-state index in [4.69, 9.17) is 4.74 Å². The minimum absolute atomic E-state index is 0.0155. The Kier molecular flexibility index (Phi) is 11.8. The predicted molar refractivity (Wildman–Crippen MR) is 155 cm³/mol. The lowest BCUT2D eigenvalue weighted by Gasteiger charge is -2.44. The molecule has 45 heavy (non-hydrogen) atoms. The summed E-state index contributed by atoms with van der Waals surface area (Å²) in [6.45, 7) is 5.14. The van der Waals surface area contributed by atoms with Crippen molar-refractivity contribution < 1.29 is 45.8 Å². The fourth-order valence-corrected chi connectivity index (χ4v) is 6.15. The number of benzene rings is 1. The van der Waals surface area contributed by atoms with Crippen LogP contribution in [-0.4, -0.2) is 60.4 Å². The van der Waals surface area contributed by atoms with E-state index in [-0.39, 0.29) is 63.1 Å². The first-order chi connectivity index (χ1) is 21.1. The van der Waals surface area contributed by atoms with Crippen molar-refractivity contribution in [2.24, 2.45) is 5.41 Å². The molecule has 13 heteroatoms. The van der Waals surface area contributed by atoms with E-state index in [1.165, 1.54) is 11.0 Å². The van der Waals surface area contributed by atoms with E-state index < -0.39 is 53.0 Å². The van der Waals surface area contributed by atoms with Crippen LogP contribution in [0.5, 0.6) is 0 Å². The molecule has 1 aromatic rings. The second-order valence-corrected chi connectivity index (χ2v) is 11.4. The molecular formula is C32H39F6N3O4. The van der Waals surface area contributed by atoms with Crippen LogP contribution in [0.25, 0.3) is 0 Å². The lowest BCUT2D eigenvalue weighted by Crippen LogP contribution is -2.56. The van der Waals surface area contributed by atoms with Crippen molar-refractivity contribution in [3.8, 4) is 11.8 Å². The molecule has 3 rings (SSSR count). The fraction of sp³-hybridized carbons (Fsp3) is 0.562. The first-order valence-corrected chi connectivity index (χ1v) is 14.8. The highest BCUT2D eigenvalue weighted by Crippen LogP contribution is 2.51. The second kappa shape index (κ2) is 14.7. The van der Waals surface area contributed by atoms with Gasteiger partial charge in [-0.25, -0.2) is 4.79 Å². The Bertz CT molecular complexity index is 1300. The van der Waals surface area contributed by atoms with E-state index in [9.17, 15) is 41.0 Å². The number of hydrogen-bond acceptors (Lipinski definition) is 5. The maximum Gasteiger partial charge on any atom is 0.416 e. The second-order valence-electron chi connectivity index (χ2n) is 11.4. The molecule has 3 N–H and O–H groups in total. The summed E-state index contributed by atoms with van der Waals surface area (Å²) >= 11 is 0. The third-order valence-corrected chi connectivity index (χ3v) is 8.56. The molecule has 2 amide bonds. The van der Waals surface area contributed by atoms with Crippen LogP contribution < -0.4 is 10.6 Å². The molecule has 7 nitrogen and oxygen atoms in total. The number of carbonyl (C=O) groups is 2. The number of nitrogens with one attached hydrogen (secondary N) is 2. The molecule has 0 spiro atoms. The van der Waals surface area contributed by atoms with Gasteiger partial charge in [-0.05, 0) is 81.8 Å². The molecular weight excluding hydrogens is 604 g/mol. The molecule has 1 aromatic carbocycles. The van der Waals surface area contributed by atoms with Crippen molar-refractivity contribution in [1.82, 2.24) is 15.5 Å². The van der Waals surface area contributed by atoms with Crippen LogP contribution in [0, 0.1) is 17.3 Å². The number of rotatable bonds is 8. The quantitative estimate of drug-likeness (QED) is 0.240. The molecule has 1 aliphatic carbocycles. The third kappa shape index (κ3) is 8.82. The number of likely N-dealkylation sites (tertiary alicyclic amines) is 1. The zero-order valence-corrected chi connectivity index (χ0v) is 25.3. The van der Waals surface area contributed by atoms with Gasteiger partial charge in [-0.15, -0.1) is 0 Å². The standard InChI is InChI=1S/C32H39F6N3O4/c1-4-6-9-22(8-5-2)21-45-28(43)41-14-7-11-30(44,13-15-41)29(12-10-26(19-29)39-3)27(42)40-20-23-16-24(31(33,34)35)18-25(17-23)32(36,37)38/h4,8,16-18,26,39,44H,1,5,7,10-15,19-21H2,2-3H3,(H,40,42)/b22-8+. The molecule has 1 saturated heterocycles. The molecule has 0 bridgehead atoms. The summed E-state index contributed by atoms with van der Waals surface area (Å²) in [6, 6.07) is 1.01. The van der Waals surface area contributed by atoms with Crippen molar-refractivity contribution >= 4 is 12.0 Å². The van der Waals surface area contributed by atoms with Crippen molar-refractivity contribution in [2.75, 3.05) is 26.7 Å². The molecule has 2 fully saturated rings. The van der Waals surface area contributed by atoms with E-state index in [2.05, 4.69) is 29.1 Å². The van der Waals surface area contributed by atoms with Crippen LogP contribution in [0.4, 0.5) is 31.1 Å². The minimum Gasteiger partial charge on any atom is -0.444 e. The molecule has 248 valence electrons. The average molecular weight is 644 g/mol. The first kappa shape index (κ1) is 36.0. The average Bonchev–Trinajstić information content (AvgIpc) is 3.34. The van der Waals surface area contributed by atoms with Gasteiger partial charge in [0.05, 0.1) is 22.1 Å². The topological polar surface area (TPSA) is 90.9 Å². The number of aliphatic hydroxyl groups is 1. The van der Waals surface area contributed by atoms with Crippen LogP contribution in [-0.2, 0) is 28.4 Å². The van der Waals surface area contributed by atoms with Crippen LogP contribution in [0.15, 0.2) is 42.5 Å². The Morgan fingerprint density at radius 3 is 2.33 bits per heavy atom. The van der Waals surface area contributed by atoms with Crippen LogP contribution >= 0.6 is 0 Å². The number of hydrogen-bond donors (Lipinski definition) is 3. The van der Waals surface area contributed by atoms with E-state index in [0.29, 0.717) is 37.0 Å². The summed E-state index contributed by atoms with van der Waals surface area (Å²) in [6.07, 6.45) is -5.29. The first-order valence-electron chi connectivity index (χ1n) is 14.8. The van der Waals surface area contributed by atoms with Gasteiger partial charge in [-0.1, -0.05) is 31.4 Å². The Labute approximate surface area is 259 Å². The van der Waals surface area contributed by atoms with Gasteiger partial charge >= 0.3 is 18.4 Å². The van der Waals surface area contributed by atoms with E-state index in [1.54, 1.807) is 7.05 Å². The van der Waals surface area contributed by atoms with Gasteiger partial charge in [-0.2, -0.15) is 26.3 Å². The highest BCUT2D eigenvalue weighted by molar-refractivity contribution is 5.84. The summed E-state index contributed by atoms with van der Waals surface area (Å²) in [5, 5.41) is 17.7. The lowest BCUT2D eigenvalue weighted by molar-refractivity contribution is -0.153. The molecule has 3 atom stereocenters. The Hall–Kier alpha value is -3.50. The predicted octanol–water partition coefficient (Wildman–Crippen LogP) is 5.98. The van der Waals surface area contributed by atoms with Crippen LogP contribution in [0.3, 0.4) is 0 Å². The molecule has 3 unspecified atom stereocenters. The largest absolute Gasteiger partial charge is 0.444 e. The summed E-state index contributed by atoms with van der Waals surface area (Å²) in [5.41, 5.74) is -5.73. The van der Waals surface area contributed by atoms with Crippen LogP contribution in [0.2, 0.25) is 0 Å². The van der Waals surface area contributed by atoms with Gasteiger partial charge in [0.15, 0.2) is 0 Å². The summed E-state index contributed by atoms with van der Waals surface area (Å²) < 4.78 is 85.7. The number of nitrogens with zero attached hydrogens (tertiary/aromatic N) is 1. The third-order valence-electron chi connectivity index (χ3n) is 8.56. The smallest absolute Gasteiger partial charge is 0.416 e. The summed E-state index contributed by atoms with van der Waals surface area (Å²) in [4.78, 5) is 28.2. The van der Waals surface area contributed by atoms with Crippen molar-refractivity contribution in [3.63, 3.8) is 0 Å². The highest BCUT2D eigenvalue weighted by Gasteiger charge is 2.58. The normalized spacial score (nSPS) is 24.3. The minimum atomic E-state index is -5.03. The molecule has 1 saturated carbocycles. The van der Waals surface area contributed by atoms with E-state index in [1.807, 2.05) is 13.0 Å². The zero-order chi connectivity index (χ0) is 33.5. The monoisotopic (exact) mass is 643 g/mol. The zero-order valence-electron chi connectivity index (χ0n) is 25.3. The van der Waals surface area contributed by atoms with Crippen molar-refractivity contribution in [3.05, 3.63) is 59.2 Å². The summed E-state index contributed by atoms with van der Waals surface area (Å²) in [5.74, 6) is 4.91. The summed E-state index contributed by atoms with van der Waals surface area (Å²) in [7, 11) is 1.70. The molecule has 2 aliphatic rings. The van der Waals surface area contributed by atoms with Gasteiger partial charge in [-0.3, -0.25) is 4.79 Å².